The molecule has 0 heterocycles. The van der Waals surface area contributed by atoms with Crippen molar-refractivity contribution in [2.24, 2.45) is 0 Å². The van der Waals surface area contributed by atoms with Crippen LogP contribution in [0.1, 0.15) is 0 Å². The van der Waals surface area contributed by atoms with Crippen molar-refractivity contribution in [3.05, 3.63) is 25.3 Å². The van der Waals surface area contributed by atoms with E-state index in [0.29, 0.717) is 13.2 Å². The van der Waals surface area contributed by atoms with E-state index >= 15 is 0 Å². The lowest BCUT2D eigenvalue weighted by atomic mass is 10.6. The van der Waals surface area contributed by atoms with Gasteiger partial charge in [-0.15, -0.1) is 36.5 Å². The van der Waals surface area contributed by atoms with Gasteiger partial charge in [0.1, 0.15) is 0 Å². The lowest BCUT2D eigenvalue weighted by Crippen LogP contribution is -1.87. The van der Waals surface area contributed by atoms with E-state index in [1.54, 1.807) is 12.2 Å². The van der Waals surface area contributed by atoms with Gasteiger partial charge in [-0.2, -0.15) is 0 Å². The van der Waals surface area contributed by atoms with E-state index in [2.05, 4.69) is 36.5 Å². The van der Waals surface area contributed by atoms with Gasteiger partial charge < -0.3 is 4.74 Å². The SMILES string of the molecule is C=CCOCC=C.SS. The molecule has 0 aromatic rings. The van der Waals surface area contributed by atoms with Gasteiger partial charge in [0.15, 0.2) is 0 Å². The molecule has 0 unspecified atom stereocenters. The van der Waals surface area contributed by atoms with Crippen molar-refractivity contribution in [1.29, 1.82) is 0 Å². The second-order valence-electron chi connectivity index (χ2n) is 1.11. The summed E-state index contributed by atoms with van der Waals surface area (Å²) < 4.78 is 4.90. The first-order chi connectivity index (χ1) is 4.41. The first kappa shape index (κ1) is 11.9. The maximum atomic E-state index is 4.90. The summed E-state index contributed by atoms with van der Waals surface area (Å²) in [6.45, 7) is 8.18. The molecule has 0 atom stereocenters. The highest BCUT2D eigenvalue weighted by atomic mass is 33.1. The minimum atomic E-state index is 0.617. The van der Waals surface area contributed by atoms with E-state index in [9.17, 15) is 0 Å². The van der Waals surface area contributed by atoms with Gasteiger partial charge in [0.2, 0.25) is 0 Å². The van der Waals surface area contributed by atoms with Crippen molar-refractivity contribution < 1.29 is 4.74 Å². The largest absolute Gasteiger partial charge is 0.373 e. The van der Waals surface area contributed by atoms with Crippen molar-refractivity contribution in [1.82, 2.24) is 0 Å². The molecule has 0 aliphatic heterocycles. The lowest BCUT2D eigenvalue weighted by Gasteiger charge is -1.89. The van der Waals surface area contributed by atoms with Crippen LogP contribution in [-0.2, 0) is 4.74 Å². The summed E-state index contributed by atoms with van der Waals surface area (Å²) in [6, 6.07) is 0. The van der Waals surface area contributed by atoms with Crippen LogP contribution in [0.2, 0.25) is 0 Å². The summed E-state index contributed by atoms with van der Waals surface area (Å²) >= 11 is 6.44. The van der Waals surface area contributed by atoms with E-state index in [1.807, 2.05) is 0 Å². The predicted molar refractivity (Wildman–Crippen MR) is 49.2 cm³/mol. The third-order valence-electron chi connectivity index (χ3n) is 0.471. The van der Waals surface area contributed by atoms with E-state index in [0.717, 1.165) is 0 Å². The molecule has 0 aliphatic rings. The Kier molecular flexibility index (Phi) is 20.7. The molecule has 1 nitrogen and oxygen atoms in total. The molecule has 0 radical (unpaired) electrons. The Bertz CT molecular complexity index is 56.1. The predicted octanol–water partition coefficient (Wildman–Crippen LogP) is 2.14. The topological polar surface area (TPSA) is 9.23 Å². The van der Waals surface area contributed by atoms with Gasteiger partial charge >= 0.3 is 0 Å². The molecule has 0 rings (SSSR count). The minimum absolute atomic E-state index is 0.617. The van der Waals surface area contributed by atoms with Crippen molar-refractivity contribution in [3.8, 4) is 0 Å². The van der Waals surface area contributed by atoms with E-state index in [4.69, 9.17) is 4.74 Å². The fourth-order valence-corrected chi connectivity index (χ4v) is 0.235. The van der Waals surface area contributed by atoms with Crippen LogP contribution in [0, 0.1) is 0 Å². The maximum absolute atomic E-state index is 4.90. The van der Waals surface area contributed by atoms with E-state index < -0.39 is 0 Å². The Balaban J connectivity index is 0. The highest BCUT2D eigenvalue weighted by Crippen LogP contribution is 1.72. The highest BCUT2D eigenvalue weighted by Gasteiger charge is 1.70. The summed E-state index contributed by atoms with van der Waals surface area (Å²) in [5, 5.41) is 0. The molecular formula is C6H12OS2. The van der Waals surface area contributed by atoms with Gasteiger partial charge in [0.05, 0.1) is 13.2 Å². The van der Waals surface area contributed by atoms with Crippen LogP contribution < -0.4 is 0 Å². The third kappa shape index (κ3) is 17.9. The molecule has 0 aliphatic carbocycles. The van der Waals surface area contributed by atoms with E-state index in [1.165, 1.54) is 0 Å². The van der Waals surface area contributed by atoms with Crippen LogP contribution in [0.15, 0.2) is 25.3 Å². The molecule has 0 saturated heterocycles. The summed E-state index contributed by atoms with van der Waals surface area (Å²) in [7, 11) is 0. The van der Waals surface area contributed by atoms with Crippen molar-refractivity contribution in [2.75, 3.05) is 13.2 Å². The number of hydrogen-bond donors (Lipinski definition) is 2. The zero-order valence-electron chi connectivity index (χ0n) is 5.29. The second-order valence-corrected chi connectivity index (χ2v) is 1.11. The molecular weight excluding hydrogens is 152 g/mol. The Morgan fingerprint density at radius 3 is 1.67 bits per heavy atom. The molecule has 9 heavy (non-hydrogen) atoms. The van der Waals surface area contributed by atoms with Crippen molar-refractivity contribution >= 4 is 23.3 Å². The van der Waals surface area contributed by atoms with Gasteiger partial charge in [0.25, 0.3) is 0 Å². The zero-order valence-corrected chi connectivity index (χ0v) is 7.07. The molecule has 0 amide bonds. The Hall–Kier alpha value is 0.140. The molecule has 0 fully saturated rings. The standard InChI is InChI=1S/C6H10O.H2S2/c1-3-5-7-6-4-2;1-2/h3-4H,1-2,5-6H2;1-2H. The van der Waals surface area contributed by atoms with Gasteiger partial charge in [-0.25, -0.2) is 0 Å². The third-order valence-corrected chi connectivity index (χ3v) is 0.471. The summed E-state index contributed by atoms with van der Waals surface area (Å²) in [4.78, 5) is 0. The molecule has 0 aromatic carbocycles. The summed E-state index contributed by atoms with van der Waals surface area (Å²) in [5.74, 6) is 0. The Morgan fingerprint density at radius 2 is 1.44 bits per heavy atom. The van der Waals surface area contributed by atoms with Crippen molar-refractivity contribution in [3.63, 3.8) is 0 Å². The Labute approximate surface area is 67.0 Å². The van der Waals surface area contributed by atoms with Gasteiger partial charge in [-0.05, 0) is 0 Å². The smallest absolute Gasteiger partial charge is 0.0649 e. The number of rotatable bonds is 4. The van der Waals surface area contributed by atoms with Crippen LogP contribution >= 0.6 is 23.3 Å². The van der Waals surface area contributed by atoms with Crippen molar-refractivity contribution in [2.45, 2.75) is 0 Å². The fraction of sp³-hybridized carbons (Fsp3) is 0.333. The maximum Gasteiger partial charge on any atom is 0.0649 e. The summed E-state index contributed by atoms with van der Waals surface area (Å²) in [5.41, 5.74) is 0. The molecule has 3 heteroatoms. The van der Waals surface area contributed by atoms with Crippen LogP contribution in [0.4, 0.5) is 0 Å². The average molecular weight is 164 g/mol. The highest BCUT2D eigenvalue weighted by molar-refractivity contribution is 8.59. The fourth-order valence-electron chi connectivity index (χ4n) is 0.235. The number of ether oxygens (including phenoxy) is 1. The monoisotopic (exact) mass is 164 g/mol. The van der Waals surface area contributed by atoms with Crippen LogP contribution in [-0.4, -0.2) is 13.2 Å². The van der Waals surface area contributed by atoms with Crippen LogP contribution in [0.5, 0.6) is 0 Å². The zero-order chi connectivity index (χ0) is 7.54. The molecule has 0 aromatic heterocycles. The Morgan fingerprint density at radius 1 is 1.11 bits per heavy atom. The molecule has 0 N–H and O–H groups in total. The van der Waals surface area contributed by atoms with Gasteiger partial charge in [0, 0.05) is 0 Å². The molecule has 0 saturated carbocycles. The van der Waals surface area contributed by atoms with Crippen LogP contribution in [0.3, 0.4) is 0 Å². The molecule has 54 valence electrons. The van der Waals surface area contributed by atoms with E-state index in [-0.39, 0.29) is 0 Å². The first-order valence-corrected chi connectivity index (χ1v) is 4.01. The van der Waals surface area contributed by atoms with Gasteiger partial charge in [-0.1, -0.05) is 12.2 Å². The van der Waals surface area contributed by atoms with Gasteiger partial charge in [-0.3, -0.25) is 0 Å². The lowest BCUT2D eigenvalue weighted by molar-refractivity contribution is 0.194. The molecule has 0 bridgehead atoms. The second kappa shape index (κ2) is 15.7. The average Bonchev–Trinajstić information content (AvgIpc) is 1.94. The quantitative estimate of drug-likeness (QED) is 0.280. The first-order valence-electron chi connectivity index (χ1n) is 2.41. The number of hydrogen-bond acceptors (Lipinski definition) is 3. The van der Waals surface area contributed by atoms with Crippen LogP contribution in [0.25, 0.3) is 0 Å². The molecule has 0 spiro atoms. The number of thiol groups is 2. The minimum Gasteiger partial charge on any atom is -0.373 e. The normalized spacial score (nSPS) is 6.89. The summed E-state index contributed by atoms with van der Waals surface area (Å²) in [6.07, 6.45) is 3.42.